The summed E-state index contributed by atoms with van der Waals surface area (Å²) < 4.78 is 10.9. The fraction of sp³-hybridized carbons (Fsp3) is 0.182. The molecule has 1 aromatic heterocycles. The van der Waals surface area contributed by atoms with Crippen molar-refractivity contribution in [1.82, 2.24) is 4.98 Å². The summed E-state index contributed by atoms with van der Waals surface area (Å²) in [5.74, 6) is -0.738. The summed E-state index contributed by atoms with van der Waals surface area (Å²) in [5, 5.41) is 5.33. The number of amides is 2. The third-order valence-corrected chi connectivity index (χ3v) is 5.66. The number of para-hydroxylation sites is 2. The minimum atomic E-state index is -0.973. The number of anilines is 3. The van der Waals surface area contributed by atoms with Crippen LogP contribution in [0.4, 0.5) is 16.5 Å². The number of ether oxygens (including phenoxy) is 2. The molecule has 3 aromatic rings. The maximum absolute atomic E-state index is 12.3. The topological polar surface area (TPSA) is 97.8 Å². The molecule has 2 aromatic carbocycles. The molecule has 8 nitrogen and oxygen atoms in total. The molecule has 2 amide bonds. The molecule has 1 aliphatic rings. The fourth-order valence-electron chi connectivity index (χ4n) is 3.10. The van der Waals surface area contributed by atoms with E-state index in [1.54, 1.807) is 53.9 Å². The Hall–Kier alpha value is -3.43. The number of nitrogens with zero attached hydrogens (tertiary/aromatic N) is 2. The molecule has 0 spiro atoms. The maximum Gasteiger partial charge on any atom is 0.310 e. The van der Waals surface area contributed by atoms with Crippen LogP contribution in [0.5, 0.6) is 5.75 Å². The van der Waals surface area contributed by atoms with Gasteiger partial charge in [0.2, 0.25) is 5.91 Å². The molecule has 2 heterocycles. The van der Waals surface area contributed by atoms with E-state index in [4.69, 9.17) is 21.1 Å². The van der Waals surface area contributed by atoms with Crippen molar-refractivity contribution in [3.63, 3.8) is 0 Å². The van der Waals surface area contributed by atoms with Crippen molar-refractivity contribution >= 4 is 57.2 Å². The Balaban J connectivity index is 1.37. The molecule has 10 heteroatoms. The van der Waals surface area contributed by atoms with Crippen LogP contribution in [0.25, 0.3) is 0 Å². The van der Waals surface area contributed by atoms with Crippen LogP contribution in [-0.2, 0) is 25.7 Å². The number of benzene rings is 2. The van der Waals surface area contributed by atoms with Crippen LogP contribution in [0, 0.1) is 0 Å². The average molecular weight is 472 g/mol. The minimum Gasteiger partial charge on any atom is -0.478 e. The first-order chi connectivity index (χ1) is 15.4. The maximum atomic E-state index is 12.3. The van der Waals surface area contributed by atoms with E-state index < -0.39 is 18.0 Å². The van der Waals surface area contributed by atoms with Gasteiger partial charge in [-0.25, -0.2) is 4.98 Å². The third-order valence-electron chi connectivity index (χ3n) is 4.55. The zero-order valence-electron chi connectivity index (χ0n) is 16.9. The van der Waals surface area contributed by atoms with Crippen LogP contribution in [0.15, 0.2) is 53.9 Å². The highest BCUT2D eigenvalue weighted by Crippen LogP contribution is 2.31. The van der Waals surface area contributed by atoms with Gasteiger partial charge in [0.1, 0.15) is 12.4 Å². The summed E-state index contributed by atoms with van der Waals surface area (Å²) in [6.45, 7) is 1.33. The third kappa shape index (κ3) is 4.90. The summed E-state index contributed by atoms with van der Waals surface area (Å²) in [4.78, 5) is 42.4. The lowest BCUT2D eigenvalue weighted by Gasteiger charge is -2.25. The van der Waals surface area contributed by atoms with Crippen molar-refractivity contribution in [3.05, 3.63) is 64.6 Å². The Labute approximate surface area is 192 Å². The van der Waals surface area contributed by atoms with E-state index >= 15 is 0 Å². The van der Waals surface area contributed by atoms with E-state index in [0.29, 0.717) is 33.0 Å². The number of nitrogens with one attached hydrogen (secondary N) is 1. The van der Waals surface area contributed by atoms with Crippen molar-refractivity contribution in [2.75, 3.05) is 10.2 Å². The van der Waals surface area contributed by atoms with E-state index in [9.17, 15) is 14.4 Å². The number of thiazole rings is 1. The van der Waals surface area contributed by atoms with Crippen molar-refractivity contribution in [1.29, 1.82) is 0 Å². The molecule has 32 heavy (non-hydrogen) atoms. The monoisotopic (exact) mass is 471 g/mol. The van der Waals surface area contributed by atoms with Gasteiger partial charge >= 0.3 is 5.97 Å². The van der Waals surface area contributed by atoms with Gasteiger partial charge < -0.3 is 14.8 Å². The number of esters is 1. The lowest BCUT2D eigenvalue weighted by molar-refractivity contribution is -0.149. The van der Waals surface area contributed by atoms with Gasteiger partial charge in [0.25, 0.3) is 5.91 Å². The molecule has 4 rings (SSSR count). The van der Waals surface area contributed by atoms with Gasteiger partial charge in [0.05, 0.1) is 23.5 Å². The molecule has 1 N–H and O–H groups in total. The quantitative estimate of drug-likeness (QED) is 0.538. The van der Waals surface area contributed by atoms with Gasteiger partial charge in [-0.3, -0.25) is 19.3 Å². The Morgan fingerprint density at radius 2 is 2.06 bits per heavy atom. The molecule has 0 saturated heterocycles. The van der Waals surface area contributed by atoms with Gasteiger partial charge in [-0.15, -0.1) is 11.3 Å². The van der Waals surface area contributed by atoms with Crippen molar-refractivity contribution in [3.8, 4) is 5.75 Å². The van der Waals surface area contributed by atoms with E-state index in [-0.39, 0.29) is 18.9 Å². The van der Waals surface area contributed by atoms with Crippen LogP contribution in [0.2, 0.25) is 5.02 Å². The number of aromatic nitrogens is 1. The molecule has 164 valence electrons. The van der Waals surface area contributed by atoms with Gasteiger partial charge in [-0.05, 0) is 30.3 Å². The second-order valence-corrected chi connectivity index (χ2v) is 8.19. The first-order valence-electron chi connectivity index (χ1n) is 9.63. The number of halogens is 1. The molecule has 0 bridgehead atoms. The number of hydrogen-bond acceptors (Lipinski definition) is 7. The molecule has 1 atom stereocenters. The summed E-state index contributed by atoms with van der Waals surface area (Å²) in [6.07, 6.45) is -1.21. The number of carbonyl (C=O) groups is 3. The van der Waals surface area contributed by atoms with Crippen LogP contribution >= 0.6 is 22.9 Å². The smallest absolute Gasteiger partial charge is 0.310 e. The van der Waals surface area contributed by atoms with Crippen LogP contribution in [-0.4, -0.2) is 28.9 Å². The summed E-state index contributed by atoms with van der Waals surface area (Å²) in [5.41, 5.74) is 1.63. The van der Waals surface area contributed by atoms with Gasteiger partial charge in [0.15, 0.2) is 11.2 Å². The normalized spacial score (nSPS) is 14.7. The molecule has 0 radical (unpaired) electrons. The van der Waals surface area contributed by atoms with E-state index in [1.807, 2.05) is 0 Å². The Kier molecular flexibility index (Phi) is 6.38. The van der Waals surface area contributed by atoms with Gasteiger partial charge in [-0.2, -0.15) is 0 Å². The second kappa shape index (κ2) is 9.37. The van der Waals surface area contributed by atoms with E-state index in [1.165, 1.54) is 23.2 Å². The molecular formula is C22H18ClN3O5S. The summed E-state index contributed by atoms with van der Waals surface area (Å²) in [6, 6.07) is 13.9. The molecule has 0 saturated carbocycles. The second-order valence-electron chi connectivity index (χ2n) is 6.91. The highest BCUT2D eigenvalue weighted by Gasteiger charge is 2.30. The number of fused-ring (bicyclic) bond motifs is 1. The first-order valence-corrected chi connectivity index (χ1v) is 10.9. The standard InChI is InChI=1S/C22H18ClN3O5S/c1-13(27)26(16-6-4-5-14(23)9-16)22-24-15(12-32-22)11-30-20(28)10-19-21(29)25-17-7-2-3-8-18(17)31-19/h2-9,12,19H,10-11H2,1H3,(H,25,29)/t19-/m1/s1. The Morgan fingerprint density at radius 3 is 2.84 bits per heavy atom. The first kappa shape index (κ1) is 21.8. The largest absolute Gasteiger partial charge is 0.478 e. The summed E-state index contributed by atoms with van der Waals surface area (Å²) >= 11 is 7.28. The predicted molar refractivity (Wildman–Crippen MR) is 120 cm³/mol. The summed E-state index contributed by atoms with van der Waals surface area (Å²) in [7, 11) is 0. The molecular weight excluding hydrogens is 454 g/mol. The molecule has 0 fully saturated rings. The lowest BCUT2D eigenvalue weighted by Crippen LogP contribution is -2.38. The minimum absolute atomic E-state index is 0.0957. The average Bonchev–Trinajstić information content (AvgIpc) is 3.21. The Morgan fingerprint density at radius 1 is 1.25 bits per heavy atom. The van der Waals surface area contributed by atoms with Crippen molar-refractivity contribution in [2.45, 2.75) is 26.1 Å². The number of rotatable bonds is 6. The van der Waals surface area contributed by atoms with Gasteiger partial charge in [-0.1, -0.05) is 29.8 Å². The van der Waals surface area contributed by atoms with Crippen LogP contribution < -0.4 is 15.0 Å². The molecule has 0 unspecified atom stereocenters. The fourth-order valence-corrected chi connectivity index (χ4v) is 4.16. The predicted octanol–water partition coefficient (Wildman–Crippen LogP) is 4.31. The van der Waals surface area contributed by atoms with Crippen LogP contribution in [0.1, 0.15) is 19.0 Å². The Bertz CT molecular complexity index is 1180. The highest BCUT2D eigenvalue weighted by atomic mass is 35.5. The lowest BCUT2D eigenvalue weighted by atomic mass is 10.1. The highest BCUT2D eigenvalue weighted by molar-refractivity contribution is 7.14. The van der Waals surface area contributed by atoms with E-state index in [0.717, 1.165) is 0 Å². The van der Waals surface area contributed by atoms with Crippen molar-refractivity contribution in [2.24, 2.45) is 0 Å². The van der Waals surface area contributed by atoms with Gasteiger partial charge in [0, 0.05) is 17.3 Å². The SMILES string of the molecule is CC(=O)N(c1cccc(Cl)c1)c1nc(COC(=O)C[C@H]2Oc3ccccc3NC2=O)cs1. The number of hydrogen-bond donors (Lipinski definition) is 1. The molecule has 1 aliphatic heterocycles. The van der Waals surface area contributed by atoms with Crippen molar-refractivity contribution < 1.29 is 23.9 Å². The zero-order valence-corrected chi connectivity index (χ0v) is 18.5. The molecule has 0 aliphatic carbocycles. The number of carbonyl (C=O) groups excluding carboxylic acids is 3. The van der Waals surface area contributed by atoms with Crippen LogP contribution in [0.3, 0.4) is 0 Å². The zero-order chi connectivity index (χ0) is 22.7. The van der Waals surface area contributed by atoms with E-state index in [2.05, 4.69) is 10.3 Å².